The van der Waals surface area contributed by atoms with Crippen LogP contribution in [0.15, 0.2) is 36.4 Å². The Labute approximate surface area is 107 Å². The maximum atomic E-state index is 5.85. The molecule has 0 amide bonds. The third-order valence-corrected chi connectivity index (χ3v) is 2.96. The fraction of sp³-hybridized carbons (Fsp3) is 0.200. The second-order valence-corrected chi connectivity index (χ2v) is 4.14. The van der Waals surface area contributed by atoms with E-state index in [9.17, 15) is 0 Å². The molecule has 0 heterocycles. The highest BCUT2D eigenvalue weighted by molar-refractivity contribution is 5.77. The van der Waals surface area contributed by atoms with Crippen LogP contribution < -0.4 is 15.2 Å². The number of nitrogens with two attached hydrogens (primary N) is 1. The van der Waals surface area contributed by atoms with Crippen molar-refractivity contribution in [2.45, 2.75) is 6.92 Å². The summed E-state index contributed by atoms with van der Waals surface area (Å²) < 4.78 is 10.7. The van der Waals surface area contributed by atoms with Crippen molar-refractivity contribution in [1.82, 2.24) is 0 Å². The summed E-state index contributed by atoms with van der Waals surface area (Å²) in [6, 6.07) is 11.6. The van der Waals surface area contributed by atoms with Crippen LogP contribution in [0.3, 0.4) is 0 Å². The molecule has 0 atom stereocenters. The number of anilines is 1. The van der Waals surface area contributed by atoms with Gasteiger partial charge >= 0.3 is 0 Å². The van der Waals surface area contributed by atoms with Crippen LogP contribution in [0.25, 0.3) is 11.1 Å². The molecule has 2 aromatic rings. The summed E-state index contributed by atoms with van der Waals surface area (Å²) in [6.07, 6.45) is 0. The molecule has 0 fully saturated rings. The van der Waals surface area contributed by atoms with Crippen LogP contribution >= 0.6 is 0 Å². The van der Waals surface area contributed by atoms with Gasteiger partial charge in [0.2, 0.25) is 0 Å². The van der Waals surface area contributed by atoms with Crippen molar-refractivity contribution in [2.24, 2.45) is 0 Å². The Balaban J connectivity index is 2.64. The van der Waals surface area contributed by atoms with Crippen molar-refractivity contribution in [3.63, 3.8) is 0 Å². The zero-order valence-electron chi connectivity index (χ0n) is 10.9. The minimum Gasteiger partial charge on any atom is -0.497 e. The first-order valence-electron chi connectivity index (χ1n) is 5.74. The third kappa shape index (κ3) is 2.25. The van der Waals surface area contributed by atoms with Gasteiger partial charge in [0.05, 0.1) is 14.2 Å². The zero-order chi connectivity index (χ0) is 13.1. The maximum Gasteiger partial charge on any atom is 0.126 e. The molecular weight excluding hydrogens is 226 g/mol. The van der Waals surface area contributed by atoms with E-state index >= 15 is 0 Å². The lowest BCUT2D eigenvalue weighted by atomic mass is 9.99. The van der Waals surface area contributed by atoms with Crippen LogP contribution in [-0.4, -0.2) is 14.2 Å². The number of nitrogen functional groups attached to an aromatic ring is 1. The number of aryl methyl sites for hydroxylation is 1. The second-order valence-electron chi connectivity index (χ2n) is 4.14. The predicted molar refractivity (Wildman–Crippen MR) is 74.1 cm³/mol. The van der Waals surface area contributed by atoms with Gasteiger partial charge in [-0.25, -0.2) is 0 Å². The van der Waals surface area contributed by atoms with Gasteiger partial charge in [-0.1, -0.05) is 6.07 Å². The minimum atomic E-state index is 0.737. The molecule has 2 aromatic carbocycles. The van der Waals surface area contributed by atoms with E-state index < -0.39 is 0 Å². The molecule has 0 aliphatic heterocycles. The number of rotatable bonds is 3. The number of hydrogen-bond donors (Lipinski definition) is 1. The molecule has 0 saturated carbocycles. The summed E-state index contributed by atoms with van der Waals surface area (Å²) in [7, 11) is 3.31. The highest BCUT2D eigenvalue weighted by Crippen LogP contribution is 2.35. The molecule has 2 N–H and O–H groups in total. The number of benzene rings is 2. The van der Waals surface area contributed by atoms with E-state index in [2.05, 4.69) is 0 Å². The van der Waals surface area contributed by atoms with E-state index in [0.29, 0.717) is 0 Å². The molecule has 0 radical (unpaired) electrons. The Morgan fingerprint density at radius 3 is 2.33 bits per heavy atom. The summed E-state index contributed by atoms with van der Waals surface area (Å²) >= 11 is 0. The minimum absolute atomic E-state index is 0.737. The monoisotopic (exact) mass is 243 g/mol. The van der Waals surface area contributed by atoms with Crippen molar-refractivity contribution in [3.05, 3.63) is 42.0 Å². The van der Waals surface area contributed by atoms with Gasteiger partial charge in [-0.3, -0.25) is 0 Å². The van der Waals surface area contributed by atoms with Crippen LogP contribution in [0.2, 0.25) is 0 Å². The average molecular weight is 243 g/mol. The standard InChI is InChI=1S/C15H17NO2/c1-10-4-5-11(16)8-13(10)14-9-12(17-2)6-7-15(14)18-3/h4-9H,16H2,1-3H3. The number of ether oxygens (including phenoxy) is 2. The molecule has 3 nitrogen and oxygen atoms in total. The van der Waals surface area contributed by atoms with Crippen molar-refractivity contribution >= 4 is 5.69 Å². The van der Waals surface area contributed by atoms with Crippen molar-refractivity contribution < 1.29 is 9.47 Å². The van der Waals surface area contributed by atoms with Crippen molar-refractivity contribution in [2.75, 3.05) is 20.0 Å². The number of methoxy groups -OCH3 is 2. The van der Waals surface area contributed by atoms with E-state index in [4.69, 9.17) is 15.2 Å². The van der Waals surface area contributed by atoms with Crippen LogP contribution in [0.4, 0.5) is 5.69 Å². The Kier molecular flexibility index (Phi) is 3.42. The Morgan fingerprint density at radius 2 is 1.67 bits per heavy atom. The van der Waals surface area contributed by atoms with Gasteiger partial charge in [0.1, 0.15) is 11.5 Å². The largest absolute Gasteiger partial charge is 0.497 e. The third-order valence-electron chi connectivity index (χ3n) is 2.96. The molecule has 0 aliphatic rings. The molecule has 3 heteroatoms. The fourth-order valence-electron chi connectivity index (χ4n) is 1.95. The highest BCUT2D eigenvalue weighted by atomic mass is 16.5. The molecule has 0 spiro atoms. The van der Waals surface area contributed by atoms with E-state index in [1.807, 2.05) is 43.3 Å². The summed E-state index contributed by atoms with van der Waals surface area (Å²) in [5, 5.41) is 0. The first-order valence-corrected chi connectivity index (χ1v) is 5.74. The number of hydrogen-bond acceptors (Lipinski definition) is 3. The van der Waals surface area contributed by atoms with Gasteiger partial charge in [0, 0.05) is 11.3 Å². The molecule has 0 aliphatic carbocycles. The molecule has 0 saturated heterocycles. The quantitative estimate of drug-likeness (QED) is 0.841. The molecule has 0 bridgehead atoms. The van der Waals surface area contributed by atoms with E-state index in [-0.39, 0.29) is 0 Å². The zero-order valence-corrected chi connectivity index (χ0v) is 10.9. The SMILES string of the molecule is COc1ccc(OC)c(-c2cc(N)ccc2C)c1. The lowest BCUT2D eigenvalue weighted by Gasteiger charge is -2.13. The summed E-state index contributed by atoms with van der Waals surface area (Å²) in [4.78, 5) is 0. The van der Waals surface area contributed by atoms with Gasteiger partial charge in [-0.15, -0.1) is 0 Å². The van der Waals surface area contributed by atoms with Crippen LogP contribution in [0.5, 0.6) is 11.5 Å². The summed E-state index contributed by atoms with van der Waals surface area (Å²) in [6.45, 7) is 2.05. The maximum absolute atomic E-state index is 5.85. The highest BCUT2D eigenvalue weighted by Gasteiger charge is 2.10. The summed E-state index contributed by atoms with van der Waals surface area (Å²) in [5.74, 6) is 1.61. The first-order chi connectivity index (χ1) is 8.65. The molecule has 94 valence electrons. The van der Waals surface area contributed by atoms with Gasteiger partial charge in [0.15, 0.2) is 0 Å². The van der Waals surface area contributed by atoms with Gasteiger partial charge in [-0.05, 0) is 48.4 Å². The normalized spacial score (nSPS) is 10.2. The first kappa shape index (κ1) is 12.3. The van der Waals surface area contributed by atoms with Crippen LogP contribution in [0, 0.1) is 6.92 Å². The fourth-order valence-corrected chi connectivity index (χ4v) is 1.95. The van der Waals surface area contributed by atoms with Crippen LogP contribution in [-0.2, 0) is 0 Å². The molecule has 18 heavy (non-hydrogen) atoms. The van der Waals surface area contributed by atoms with Crippen molar-refractivity contribution in [1.29, 1.82) is 0 Å². The topological polar surface area (TPSA) is 44.5 Å². The van der Waals surface area contributed by atoms with Crippen molar-refractivity contribution in [3.8, 4) is 22.6 Å². The van der Waals surface area contributed by atoms with Crippen LogP contribution in [0.1, 0.15) is 5.56 Å². The van der Waals surface area contributed by atoms with Gasteiger partial charge < -0.3 is 15.2 Å². The van der Waals surface area contributed by atoms with E-state index in [0.717, 1.165) is 33.9 Å². The summed E-state index contributed by atoms with van der Waals surface area (Å²) in [5.41, 5.74) is 9.79. The molecule has 0 unspecified atom stereocenters. The smallest absolute Gasteiger partial charge is 0.126 e. The Hall–Kier alpha value is -2.16. The Morgan fingerprint density at radius 1 is 0.889 bits per heavy atom. The van der Waals surface area contributed by atoms with Gasteiger partial charge in [-0.2, -0.15) is 0 Å². The molecule has 0 aromatic heterocycles. The average Bonchev–Trinajstić information content (AvgIpc) is 2.40. The van der Waals surface area contributed by atoms with Gasteiger partial charge in [0.25, 0.3) is 0 Å². The lowest BCUT2D eigenvalue weighted by molar-refractivity contribution is 0.404. The molecular formula is C15H17NO2. The predicted octanol–water partition coefficient (Wildman–Crippen LogP) is 3.26. The van der Waals surface area contributed by atoms with E-state index in [1.54, 1.807) is 14.2 Å². The second kappa shape index (κ2) is 5.00. The lowest BCUT2D eigenvalue weighted by Crippen LogP contribution is -1.93. The Bertz CT molecular complexity index is 564. The van der Waals surface area contributed by atoms with E-state index in [1.165, 1.54) is 0 Å². The molecule has 2 rings (SSSR count).